The molecule has 36 heavy (non-hydrogen) atoms. The number of amides is 1. The van der Waals surface area contributed by atoms with Crippen molar-refractivity contribution in [3.05, 3.63) is 93.1 Å². The second-order valence-electron chi connectivity index (χ2n) is 9.13. The van der Waals surface area contributed by atoms with Crippen molar-refractivity contribution in [2.75, 3.05) is 31.1 Å². The van der Waals surface area contributed by atoms with Crippen LogP contribution in [0.1, 0.15) is 29.2 Å². The van der Waals surface area contributed by atoms with Gasteiger partial charge in [0, 0.05) is 73.3 Å². The molecular formula is C28H26Cl2N4O2. The van der Waals surface area contributed by atoms with E-state index in [1.807, 2.05) is 59.5 Å². The summed E-state index contributed by atoms with van der Waals surface area (Å²) in [5.41, 5.74) is 4.17. The van der Waals surface area contributed by atoms with E-state index in [2.05, 4.69) is 4.90 Å². The summed E-state index contributed by atoms with van der Waals surface area (Å²) in [6.07, 6.45) is 2.51. The number of aromatic nitrogens is 1. The zero-order valence-electron chi connectivity index (χ0n) is 20.0. The fourth-order valence-electron chi connectivity index (χ4n) is 4.75. The van der Waals surface area contributed by atoms with Crippen LogP contribution in [0, 0.1) is 0 Å². The van der Waals surface area contributed by atoms with Crippen LogP contribution in [-0.4, -0.2) is 59.5 Å². The Balaban J connectivity index is 1.48. The summed E-state index contributed by atoms with van der Waals surface area (Å²) in [4.78, 5) is 38.6. The van der Waals surface area contributed by atoms with E-state index < -0.39 is 6.04 Å². The molecule has 0 saturated carbocycles. The van der Waals surface area contributed by atoms with Crippen LogP contribution in [0.15, 0.2) is 65.8 Å². The van der Waals surface area contributed by atoms with Crippen molar-refractivity contribution in [1.82, 2.24) is 9.88 Å². The Hall–Kier alpha value is -3.22. The monoisotopic (exact) mass is 520 g/mol. The summed E-state index contributed by atoms with van der Waals surface area (Å²) in [7, 11) is 0. The molecule has 1 fully saturated rings. The Morgan fingerprint density at radius 3 is 2.50 bits per heavy atom. The van der Waals surface area contributed by atoms with Gasteiger partial charge in [-0.25, -0.2) is 4.98 Å². The van der Waals surface area contributed by atoms with Crippen LogP contribution >= 0.6 is 23.2 Å². The van der Waals surface area contributed by atoms with E-state index in [0.29, 0.717) is 35.3 Å². The number of hydrogen-bond donors (Lipinski definition) is 0. The number of fused-ring (bicyclic) bond motifs is 1. The van der Waals surface area contributed by atoms with Crippen molar-refractivity contribution in [2.24, 2.45) is 4.99 Å². The molecule has 0 radical (unpaired) electrons. The second-order valence-corrected chi connectivity index (χ2v) is 9.98. The Labute approximate surface area is 220 Å². The predicted molar refractivity (Wildman–Crippen MR) is 143 cm³/mol. The fraction of sp³-hybridized carbons (Fsp3) is 0.286. The number of aliphatic imine (C=N–C) groups is 1. The maximum Gasteiger partial charge on any atom is 0.219 e. The largest absolute Gasteiger partial charge is 0.353 e. The lowest BCUT2D eigenvalue weighted by atomic mass is 9.95. The molecule has 1 atom stereocenters. The van der Waals surface area contributed by atoms with Gasteiger partial charge in [-0.05, 0) is 41.5 Å². The number of Topliss-reactive ketones (excluding diaryl/α,β-unsaturated/α-hetero) is 1. The first-order chi connectivity index (χ1) is 17.4. The maximum atomic E-state index is 13.3. The Kier molecular flexibility index (Phi) is 7.08. The molecule has 3 heterocycles. The molecule has 1 unspecified atom stereocenters. The van der Waals surface area contributed by atoms with Gasteiger partial charge in [0.2, 0.25) is 5.91 Å². The molecule has 1 aromatic heterocycles. The lowest BCUT2D eigenvalue weighted by molar-refractivity contribution is -0.129. The molecule has 1 amide bonds. The lowest BCUT2D eigenvalue weighted by Gasteiger charge is -2.34. The first-order valence-electron chi connectivity index (χ1n) is 12.0. The van der Waals surface area contributed by atoms with Gasteiger partial charge in [-0.3, -0.25) is 14.6 Å². The highest BCUT2D eigenvalue weighted by molar-refractivity contribution is 6.32. The van der Waals surface area contributed by atoms with E-state index in [-0.39, 0.29) is 18.1 Å². The van der Waals surface area contributed by atoms with Crippen LogP contribution in [0.25, 0.3) is 0 Å². The van der Waals surface area contributed by atoms with Crippen LogP contribution < -0.4 is 4.90 Å². The van der Waals surface area contributed by atoms with Gasteiger partial charge in [0.1, 0.15) is 11.9 Å². The number of hydrogen-bond acceptors (Lipinski definition) is 5. The van der Waals surface area contributed by atoms with E-state index in [4.69, 9.17) is 33.2 Å². The number of pyridine rings is 1. The molecule has 0 aliphatic carbocycles. The Morgan fingerprint density at radius 2 is 1.81 bits per heavy atom. The molecule has 8 heteroatoms. The summed E-state index contributed by atoms with van der Waals surface area (Å²) in [5.74, 6) is 0.996. The van der Waals surface area contributed by atoms with Gasteiger partial charge in [0.25, 0.3) is 0 Å². The van der Waals surface area contributed by atoms with Crippen molar-refractivity contribution in [3.63, 3.8) is 0 Å². The van der Waals surface area contributed by atoms with Crippen LogP contribution in [0.4, 0.5) is 5.82 Å². The molecule has 1 saturated heterocycles. The number of anilines is 1. The van der Waals surface area contributed by atoms with Crippen molar-refractivity contribution in [1.29, 1.82) is 0 Å². The number of rotatable bonds is 4. The first-order valence-corrected chi connectivity index (χ1v) is 12.7. The molecule has 2 aliphatic rings. The average molecular weight is 521 g/mol. The first kappa shape index (κ1) is 24.5. The number of nitrogens with zero attached hydrogens (tertiary/aromatic N) is 4. The number of ketones is 1. The zero-order valence-corrected chi connectivity index (χ0v) is 21.5. The number of carbonyl (C=O) groups excluding carboxylic acids is 2. The number of piperazine rings is 1. The smallest absolute Gasteiger partial charge is 0.219 e. The minimum atomic E-state index is -0.564. The van der Waals surface area contributed by atoms with Gasteiger partial charge in [-0.1, -0.05) is 47.5 Å². The summed E-state index contributed by atoms with van der Waals surface area (Å²) < 4.78 is 0. The number of halogens is 2. The van der Waals surface area contributed by atoms with E-state index in [1.165, 1.54) is 0 Å². The van der Waals surface area contributed by atoms with Gasteiger partial charge in [-0.2, -0.15) is 0 Å². The fourth-order valence-corrected chi connectivity index (χ4v) is 5.14. The molecule has 184 valence electrons. The highest BCUT2D eigenvalue weighted by atomic mass is 35.5. The van der Waals surface area contributed by atoms with Crippen LogP contribution in [0.2, 0.25) is 10.0 Å². The van der Waals surface area contributed by atoms with Crippen LogP contribution in [0.3, 0.4) is 0 Å². The van der Waals surface area contributed by atoms with E-state index in [1.54, 1.807) is 13.1 Å². The third-order valence-electron chi connectivity index (χ3n) is 6.79. The molecule has 0 N–H and O–H groups in total. The van der Waals surface area contributed by atoms with Crippen molar-refractivity contribution in [2.45, 2.75) is 25.8 Å². The summed E-state index contributed by atoms with van der Waals surface area (Å²) in [6.45, 7) is 4.44. The minimum absolute atomic E-state index is 0.0430. The normalized spacial score (nSPS) is 17.9. The van der Waals surface area contributed by atoms with Gasteiger partial charge in [-0.15, -0.1) is 0 Å². The molecule has 2 aliphatic heterocycles. The van der Waals surface area contributed by atoms with Crippen molar-refractivity contribution in [3.8, 4) is 0 Å². The van der Waals surface area contributed by atoms with Gasteiger partial charge in [0.05, 0.1) is 5.71 Å². The molecule has 6 nitrogen and oxygen atoms in total. The Bertz CT molecular complexity index is 1330. The zero-order chi connectivity index (χ0) is 25.2. The number of benzene rings is 2. The summed E-state index contributed by atoms with van der Waals surface area (Å²) in [6, 6.07) is 16.5. The Morgan fingerprint density at radius 1 is 1.03 bits per heavy atom. The molecule has 2 aromatic carbocycles. The minimum Gasteiger partial charge on any atom is -0.353 e. The molecular weight excluding hydrogens is 495 g/mol. The topological polar surface area (TPSA) is 65.9 Å². The van der Waals surface area contributed by atoms with Crippen molar-refractivity contribution >= 4 is 46.4 Å². The third kappa shape index (κ3) is 5.15. The van der Waals surface area contributed by atoms with E-state index in [9.17, 15) is 9.59 Å². The highest BCUT2D eigenvalue weighted by Crippen LogP contribution is 2.27. The molecule has 0 bridgehead atoms. The van der Waals surface area contributed by atoms with Gasteiger partial charge >= 0.3 is 0 Å². The van der Waals surface area contributed by atoms with Crippen LogP contribution in [-0.2, 0) is 22.4 Å². The SMILES string of the molecule is CC(=O)N1CCN(c2ccc(C3=NC(Cc4ccccc4Cl)C(=O)Cc4ccc(Cl)cc43)cn2)CC1. The lowest BCUT2D eigenvalue weighted by Crippen LogP contribution is -2.48. The van der Waals surface area contributed by atoms with Gasteiger partial charge in [0.15, 0.2) is 5.78 Å². The van der Waals surface area contributed by atoms with Gasteiger partial charge < -0.3 is 9.80 Å². The maximum absolute atomic E-state index is 13.3. The molecule has 0 spiro atoms. The standard InChI is InChI=1S/C28H26Cl2N4O2/c1-18(35)33-10-12-34(13-11-33)27-9-7-21(17-31-27)28-23-16-22(29)8-6-19(23)15-26(36)25(32-28)14-20-4-2-3-5-24(20)30/h2-9,16-17,25H,10-15H2,1H3. The second kappa shape index (κ2) is 10.4. The summed E-state index contributed by atoms with van der Waals surface area (Å²) >= 11 is 12.8. The van der Waals surface area contributed by atoms with Crippen molar-refractivity contribution < 1.29 is 9.59 Å². The molecule has 3 aromatic rings. The third-order valence-corrected chi connectivity index (χ3v) is 7.39. The highest BCUT2D eigenvalue weighted by Gasteiger charge is 2.27. The van der Waals surface area contributed by atoms with E-state index in [0.717, 1.165) is 41.2 Å². The quantitative estimate of drug-likeness (QED) is 0.502. The molecule has 5 rings (SSSR count). The summed E-state index contributed by atoms with van der Waals surface area (Å²) in [5, 5.41) is 1.22. The number of carbonyl (C=O) groups is 2. The predicted octanol–water partition coefficient (Wildman–Crippen LogP) is 4.63. The average Bonchev–Trinajstić information content (AvgIpc) is 3.01. The van der Waals surface area contributed by atoms with Crippen LogP contribution in [0.5, 0.6) is 0 Å². The van der Waals surface area contributed by atoms with E-state index >= 15 is 0 Å².